The second-order valence-electron chi connectivity index (χ2n) is 4.65. The van der Waals surface area contributed by atoms with E-state index in [1.54, 1.807) is 30.3 Å². The molecule has 0 saturated heterocycles. The van der Waals surface area contributed by atoms with Crippen LogP contribution >= 0.6 is 34.8 Å². The number of carbonyl (C=O) groups is 2. The van der Waals surface area contributed by atoms with Crippen LogP contribution in [0.15, 0.2) is 47.6 Å². The number of nitrogens with one attached hydrogen (secondary N) is 2. The fraction of sp³-hybridized carbons (Fsp3) is 0.0625. The molecule has 2 aromatic rings. The Morgan fingerprint density at radius 1 is 1.00 bits per heavy atom. The van der Waals surface area contributed by atoms with Gasteiger partial charge in [-0.05, 0) is 36.4 Å². The lowest BCUT2D eigenvalue weighted by Crippen LogP contribution is -2.43. The van der Waals surface area contributed by atoms with Gasteiger partial charge in [0, 0.05) is 16.1 Å². The zero-order valence-corrected chi connectivity index (χ0v) is 14.9. The summed E-state index contributed by atoms with van der Waals surface area (Å²) in [6.45, 7) is -0.403. The molecule has 0 aliphatic heterocycles. The molecule has 2 amide bonds. The van der Waals surface area contributed by atoms with Gasteiger partial charge in [0.1, 0.15) is 0 Å². The highest BCUT2D eigenvalue weighted by molar-refractivity contribution is 6.38. The van der Waals surface area contributed by atoms with Crippen LogP contribution in [0.4, 0.5) is 0 Å². The molecule has 130 valence electrons. The first kappa shape index (κ1) is 19.1. The largest absolute Gasteiger partial charge is 0.386 e. The van der Waals surface area contributed by atoms with Crippen molar-refractivity contribution in [2.24, 2.45) is 5.16 Å². The van der Waals surface area contributed by atoms with Crippen LogP contribution in [0.1, 0.15) is 15.9 Å². The lowest BCUT2D eigenvalue weighted by atomic mass is 10.2. The summed E-state index contributed by atoms with van der Waals surface area (Å²) in [5, 5.41) is 4.93. The number of hydrogen-bond acceptors (Lipinski definition) is 4. The molecule has 6 nitrogen and oxygen atoms in total. The Kier molecular flexibility index (Phi) is 7.06. The zero-order chi connectivity index (χ0) is 18.2. The molecule has 0 bridgehead atoms. The molecule has 0 aromatic heterocycles. The summed E-state index contributed by atoms with van der Waals surface area (Å²) >= 11 is 17.6. The molecule has 0 atom stereocenters. The molecule has 0 fully saturated rings. The quantitative estimate of drug-likeness (QED) is 0.596. The Morgan fingerprint density at radius 2 is 1.64 bits per heavy atom. The molecule has 2 aromatic carbocycles. The first-order chi connectivity index (χ1) is 12.0. The lowest BCUT2D eigenvalue weighted by molar-refractivity contribution is -0.126. The highest BCUT2D eigenvalue weighted by atomic mass is 35.5. The van der Waals surface area contributed by atoms with E-state index >= 15 is 0 Å². The lowest BCUT2D eigenvalue weighted by Gasteiger charge is -2.06. The van der Waals surface area contributed by atoms with Crippen LogP contribution < -0.4 is 10.9 Å². The van der Waals surface area contributed by atoms with E-state index in [0.717, 1.165) is 0 Å². The summed E-state index contributed by atoms with van der Waals surface area (Å²) in [7, 11) is 0. The van der Waals surface area contributed by atoms with E-state index < -0.39 is 18.4 Å². The average Bonchev–Trinajstić information content (AvgIpc) is 2.59. The van der Waals surface area contributed by atoms with Crippen LogP contribution in [-0.4, -0.2) is 24.6 Å². The van der Waals surface area contributed by atoms with E-state index in [4.69, 9.17) is 39.6 Å². The Labute approximate surface area is 158 Å². The number of amides is 2. The number of hydrogen-bond donors (Lipinski definition) is 2. The predicted molar refractivity (Wildman–Crippen MR) is 97.1 cm³/mol. The topological polar surface area (TPSA) is 79.8 Å². The Balaban J connectivity index is 1.76. The summed E-state index contributed by atoms with van der Waals surface area (Å²) in [5.41, 5.74) is 5.25. The van der Waals surface area contributed by atoms with Gasteiger partial charge in [-0.15, -0.1) is 0 Å². The van der Waals surface area contributed by atoms with E-state index in [-0.39, 0.29) is 0 Å². The van der Waals surface area contributed by atoms with Gasteiger partial charge in [0.15, 0.2) is 6.61 Å². The van der Waals surface area contributed by atoms with E-state index in [9.17, 15) is 9.59 Å². The van der Waals surface area contributed by atoms with E-state index in [1.165, 1.54) is 18.3 Å². The van der Waals surface area contributed by atoms with Gasteiger partial charge in [-0.25, -0.2) is 0 Å². The van der Waals surface area contributed by atoms with Gasteiger partial charge in [-0.1, -0.05) is 46.0 Å². The third-order valence-electron chi connectivity index (χ3n) is 2.87. The molecular formula is C16H12Cl3N3O3. The maximum atomic E-state index is 11.8. The molecule has 25 heavy (non-hydrogen) atoms. The Morgan fingerprint density at radius 3 is 2.28 bits per heavy atom. The molecule has 2 rings (SSSR count). The molecule has 0 aliphatic rings. The molecule has 0 aliphatic carbocycles. The third kappa shape index (κ3) is 5.94. The molecule has 0 heterocycles. The fourth-order valence-electron chi connectivity index (χ4n) is 1.66. The number of halogens is 3. The Bertz CT molecular complexity index is 775. The minimum Gasteiger partial charge on any atom is -0.386 e. The van der Waals surface area contributed by atoms with Crippen LogP contribution in [0.2, 0.25) is 15.1 Å². The number of rotatable bonds is 5. The molecule has 0 unspecified atom stereocenters. The van der Waals surface area contributed by atoms with Gasteiger partial charge in [-0.2, -0.15) is 0 Å². The average molecular weight is 401 g/mol. The van der Waals surface area contributed by atoms with E-state index in [2.05, 4.69) is 16.0 Å². The third-order valence-corrected chi connectivity index (χ3v) is 3.78. The van der Waals surface area contributed by atoms with Gasteiger partial charge in [0.2, 0.25) is 0 Å². The maximum absolute atomic E-state index is 11.8. The summed E-state index contributed by atoms with van der Waals surface area (Å²) in [5.74, 6) is -1.08. The number of benzene rings is 2. The molecule has 0 radical (unpaired) electrons. The van der Waals surface area contributed by atoms with Crippen molar-refractivity contribution in [2.45, 2.75) is 0 Å². The van der Waals surface area contributed by atoms with Gasteiger partial charge in [0.25, 0.3) is 11.8 Å². The highest BCUT2D eigenvalue weighted by Crippen LogP contribution is 2.22. The van der Waals surface area contributed by atoms with Crippen LogP contribution in [0.25, 0.3) is 0 Å². The number of nitrogens with zero attached hydrogens (tertiary/aromatic N) is 1. The van der Waals surface area contributed by atoms with Crippen molar-refractivity contribution in [3.05, 3.63) is 68.7 Å². The minimum atomic E-state index is -0.593. The predicted octanol–water partition coefficient (Wildman–Crippen LogP) is 3.46. The summed E-state index contributed by atoms with van der Waals surface area (Å²) < 4.78 is 0. The zero-order valence-electron chi connectivity index (χ0n) is 12.6. The minimum absolute atomic E-state index is 0.344. The Hall–Kier alpha value is -2.28. The van der Waals surface area contributed by atoms with Crippen molar-refractivity contribution in [3.8, 4) is 0 Å². The smallest absolute Gasteiger partial charge is 0.279 e. The van der Waals surface area contributed by atoms with Crippen molar-refractivity contribution in [1.29, 1.82) is 0 Å². The number of hydrazine groups is 1. The van der Waals surface area contributed by atoms with E-state index in [1.807, 2.05) is 0 Å². The van der Waals surface area contributed by atoms with Crippen molar-refractivity contribution in [2.75, 3.05) is 6.61 Å². The van der Waals surface area contributed by atoms with Gasteiger partial charge in [0.05, 0.1) is 16.3 Å². The van der Waals surface area contributed by atoms with Crippen LogP contribution in [-0.2, 0) is 9.63 Å². The monoisotopic (exact) mass is 399 g/mol. The maximum Gasteiger partial charge on any atom is 0.279 e. The van der Waals surface area contributed by atoms with Crippen molar-refractivity contribution < 1.29 is 14.4 Å². The van der Waals surface area contributed by atoms with Crippen LogP contribution in [0.5, 0.6) is 0 Å². The fourth-order valence-corrected chi connectivity index (χ4v) is 2.28. The summed E-state index contributed by atoms with van der Waals surface area (Å²) in [6, 6.07) is 11.2. The molecular weight excluding hydrogens is 389 g/mol. The normalized spacial score (nSPS) is 10.5. The second-order valence-corrected chi connectivity index (χ2v) is 5.90. The van der Waals surface area contributed by atoms with Gasteiger partial charge < -0.3 is 4.84 Å². The van der Waals surface area contributed by atoms with E-state index in [0.29, 0.717) is 26.2 Å². The van der Waals surface area contributed by atoms with Crippen LogP contribution in [0, 0.1) is 0 Å². The first-order valence-electron chi connectivity index (χ1n) is 6.91. The second kappa shape index (κ2) is 9.27. The van der Waals surface area contributed by atoms with Crippen LogP contribution in [0.3, 0.4) is 0 Å². The van der Waals surface area contributed by atoms with Crippen molar-refractivity contribution in [3.63, 3.8) is 0 Å². The number of carbonyl (C=O) groups excluding carboxylic acids is 2. The van der Waals surface area contributed by atoms with Crippen molar-refractivity contribution >= 4 is 52.8 Å². The van der Waals surface area contributed by atoms with Gasteiger partial charge in [-0.3, -0.25) is 20.4 Å². The van der Waals surface area contributed by atoms with Crippen molar-refractivity contribution in [1.82, 2.24) is 10.9 Å². The number of oxime groups is 1. The highest BCUT2D eigenvalue weighted by Gasteiger charge is 2.07. The standard InChI is InChI=1S/C16H12Cl3N3O3/c17-11-6-4-10(5-7-11)16(24)22-21-15(23)9-25-20-8-12-13(18)2-1-3-14(12)19/h1-8H,9H2,(H,21,23)(H,22,24)/b20-8-. The molecule has 0 saturated carbocycles. The SMILES string of the molecule is O=C(CO/N=C\c1c(Cl)cccc1Cl)NNC(=O)c1ccc(Cl)cc1. The first-order valence-corrected chi connectivity index (χ1v) is 8.05. The molecule has 2 N–H and O–H groups in total. The molecule has 0 spiro atoms. The molecule has 9 heteroatoms. The van der Waals surface area contributed by atoms with Gasteiger partial charge >= 0.3 is 0 Å². The summed E-state index contributed by atoms with van der Waals surface area (Å²) in [6.07, 6.45) is 1.30. The summed E-state index contributed by atoms with van der Waals surface area (Å²) in [4.78, 5) is 28.2.